The second kappa shape index (κ2) is 10.6. The SMILES string of the molecule is COc1ccc(CNC(C)C(O)C(F)(F)C(=O)Oc2cccc(Cl)c2)cc1.Cl. The zero-order chi connectivity index (χ0) is 20.0. The molecule has 0 amide bonds. The van der Waals surface area contributed by atoms with Gasteiger partial charge in [-0.25, -0.2) is 4.79 Å². The minimum absolute atomic E-state index is 0. The summed E-state index contributed by atoms with van der Waals surface area (Å²) in [5.74, 6) is -5.41. The van der Waals surface area contributed by atoms with Gasteiger partial charge in [-0.15, -0.1) is 12.4 Å². The molecule has 0 bridgehead atoms. The molecule has 2 aromatic rings. The van der Waals surface area contributed by atoms with Crippen LogP contribution in [0.1, 0.15) is 12.5 Å². The third kappa shape index (κ3) is 6.31. The number of hydrogen-bond donors (Lipinski definition) is 2. The van der Waals surface area contributed by atoms with Crippen molar-refractivity contribution in [1.82, 2.24) is 5.32 Å². The van der Waals surface area contributed by atoms with Gasteiger partial charge in [0.25, 0.3) is 0 Å². The number of halogens is 4. The van der Waals surface area contributed by atoms with E-state index in [1.54, 1.807) is 24.3 Å². The molecule has 0 saturated heterocycles. The maximum absolute atomic E-state index is 14.3. The van der Waals surface area contributed by atoms with Crippen LogP contribution in [0.15, 0.2) is 48.5 Å². The van der Waals surface area contributed by atoms with Crippen molar-refractivity contribution in [2.45, 2.75) is 31.5 Å². The fourth-order valence-electron chi connectivity index (χ4n) is 2.27. The minimum Gasteiger partial charge on any atom is -0.497 e. The molecule has 2 unspecified atom stereocenters. The van der Waals surface area contributed by atoms with E-state index in [4.69, 9.17) is 16.3 Å². The van der Waals surface area contributed by atoms with Crippen LogP contribution in [0.4, 0.5) is 8.78 Å². The van der Waals surface area contributed by atoms with Gasteiger partial charge in [-0.2, -0.15) is 8.78 Å². The minimum atomic E-state index is -4.10. The number of ether oxygens (including phenoxy) is 2. The van der Waals surface area contributed by atoms with Gasteiger partial charge in [0.05, 0.1) is 7.11 Å². The molecule has 0 aliphatic carbocycles. The molecule has 0 fully saturated rings. The highest BCUT2D eigenvalue weighted by molar-refractivity contribution is 6.30. The van der Waals surface area contributed by atoms with E-state index in [1.165, 1.54) is 38.3 Å². The third-order valence-electron chi connectivity index (χ3n) is 3.91. The zero-order valence-electron chi connectivity index (χ0n) is 15.2. The quantitative estimate of drug-likeness (QED) is 0.486. The van der Waals surface area contributed by atoms with Crippen LogP contribution in [0, 0.1) is 0 Å². The molecule has 2 aromatic carbocycles. The van der Waals surface area contributed by atoms with Crippen molar-refractivity contribution >= 4 is 30.0 Å². The number of nitrogens with one attached hydrogen (secondary N) is 1. The molecule has 28 heavy (non-hydrogen) atoms. The number of benzene rings is 2. The van der Waals surface area contributed by atoms with Crippen molar-refractivity contribution in [2.75, 3.05) is 7.11 Å². The van der Waals surface area contributed by atoms with Crippen LogP contribution in [0.3, 0.4) is 0 Å². The molecule has 0 radical (unpaired) electrons. The monoisotopic (exact) mass is 435 g/mol. The van der Waals surface area contributed by atoms with E-state index >= 15 is 0 Å². The maximum atomic E-state index is 14.3. The van der Waals surface area contributed by atoms with Gasteiger partial charge in [0.1, 0.15) is 17.6 Å². The number of alkyl halides is 2. The van der Waals surface area contributed by atoms with Gasteiger partial charge in [-0.3, -0.25) is 0 Å². The summed E-state index contributed by atoms with van der Waals surface area (Å²) < 4.78 is 38.2. The van der Waals surface area contributed by atoms with E-state index in [2.05, 4.69) is 10.1 Å². The lowest BCUT2D eigenvalue weighted by atomic mass is 10.1. The highest BCUT2D eigenvalue weighted by Crippen LogP contribution is 2.26. The highest BCUT2D eigenvalue weighted by atomic mass is 35.5. The fraction of sp³-hybridized carbons (Fsp3) is 0.316. The molecule has 0 spiro atoms. The summed E-state index contributed by atoms with van der Waals surface area (Å²) in [6.07, 6.45) is -2.28. The molecule has 5 nitrogen and oxygen atoms in total. The van der Waals surface area contributed by atoms with E-state index in [9.17, 15) is 18.7 Å². The van der Waals surface area contributed by atoms with Gasteiger partial charge >= 0.3 is 11.9 Å². The number of esters is 1. The van der Waals surface area contributed by atoms with Gasteiger partial charge < -0.3 is 19.9 Å². The standard InChI is InChI=1S/C19H20ClF2NO4.ClH/c1-12(23-11-13-6-8-15(26-2)9-7-13)17(24)19(21,22)18(25)27-16-5-3-4-14(20)10-16;/h3-10,12,17,23-24H,11H2,1-2H3;1H. The molecule has 154 valence electrons. The maximum Gasteiger partial charge on any atom is 0.385 e. The Morgan fingerprint density at radius 3 is 2.43 bits per heavy atom. The molecule has 2 atom stereocenters. The van der Waals surface area contributed by atoms with E-state index in [-0.39, 0.29) is 29.7 Å². The molecular weight excluding hydrogens is 415 g/mol. The lowest BCUT2D eigenvalue weighted by Gasteiger charge is -2.26. The van der Waals surface area contributed by atoms with Gasteiger partial charge in [0.15, 0.2) is 0 Å². The van der Waals surface area contributed by atoms with Crippen molar-refractivity contribution in [3.05, 3.63) is 59.1 Å². The second-order valence-corrected chi connectivity index (χ2v) is 6.37. The topological polar surface area (TPSA) is 67.8 Å². The molecule has 0 aliphatic heterocycles. The first-order valence-electron chi connectivity index (χ1n) is 8.14. The van der Waals surface area contributed by atoms with E-state index in [1.807, 2.05) is 0 Å². The lowest BCUT2D eigenvalue weighted by Crippen LogP contribution is -2.53. The van der Waals surface area contributed by atoms with Crippen LogP contribution >= 0.6 is 24.0 Å². The van der Waals surface area contributed by atoms with Crippen molar-refractivity contribution in [1.29, 1.82) is 0 Å². The van der Waals surface area contributed by atoms with Crippen LogP contribution in [0.5, 0.6) is 11.5 Å². The Kier molecular flexibility index (Phi) is 9.10. The zero-order valence-corrected chi connectivity index (χ0v) is 16.8. The lowest BCUT2D eigenvalue weighted by molar-refractivity contribution is -0.181. The van der Waals surface area contributed by atoms with E-state index < -0.39 is 24.0 Å². The smallest absolute Gasteiger partial charge is 0.385 e. The average molecular weight is 436 g/mol. The second-order valence-electron chi connectivity index (χ2n) is 5.93. The molecule has 0 heterocycles. The van der Waals surface area contributed by atoms with Crippen molar-refractivity contribution in [3.8, 4) is 11.5 Å². The first-order valence-corrected chi connectivity index (χ1v) is 8.52. The summed E-state index contributed by atoms with van der Waals surface area (Å²) in [7, 11) is 1.54. The van der Waals surface area contributed by atoms with Gasteiger partial charge in [0, 0.05) is 17.6 Å². The summed E-state index contributed by atoms with van der Waals surface area (Å²) in [4.78, 5) is 11.8. The molecule has 0 aliphatic rings. The Labute approximate surface area is 173 Å². The summed E-state index contributed by atoms with van der Waals surface area (Å²) >= 11 is 5.73. The summed E-state index contributed by atoms with van der Waals surface area (Å²) in [6, 6.07) is 11.4. The Balaban J connectivity index is 0.00000392. The molecule has 9 heteroatoms. The normalized spacial score (nSPS) is 13.2. The fourth-order valence-corrected chi connectivity index (χ4v) is 2.45. The van der Waals surface area contributed by atoms with Gasteiger partial charge in [-0.05, 0) is 42.8 Å². The van der Waals surface area contributed by atoms with Crippen molar-refractivity contribution < 1.29 is 28.2 Å². The number of carbonyl (C=O) groups is 1. The largest absolute Gasteiger partial charge is 0.497 e. The highest BCUT2D eigenvalue weighted by Gasteiger charge is 2.50. The number of carbonyl (C=O) groups excluding carboxylic acids is 1. The Hall–Kier alpha value is -1.93. The van der Waals surface area contributed by atoms with Gasteiger partial charge in [-0.1, -0.05) is 29.8 Å². The Bertz CT molecular complexity index is 775. The predicted octanol–water partition coefficient (Wildman–Crippen LogP) is 3.85. The molecule has 0 aromatic heterocycles. The number of hydrogen-bond acceptors (Lipinski definition) is 5. The van der Waals surface area contributed by atoms with Crippen LogP contribution in [0.2, 0.25) is 5.02 Å². The van der Waals surface area contributed by atoms with Crippen LogP contribution in [-0.4, -0.2) is 36.3 Å². The summed E-state index contributed by atoms with van der Waals surface area (Å²) in [5, 5.41) is 13.0. The Morgan fingerprint density at radius 2 is 1.86 bits per heavy atom. The first kappa shape index (κ1) is 24.1. The number of rotatable bonds is 8. The summed E-state index contributed by atoms with van der Waals surface area (Å²) in [6.45, 7) is 1.58. The van der Waals surface area contributed by atoms with Crippen molar-refractivity contribution in [2.24, 2.45) is 0 Å². The summed E-state index contributed by atoms with van der Waals surface area (Å²) in [5.41, 5.74) is 0.805. The van der Waals surface area contributed by atoms with Crippen molar-refractivity contribution in [3.63, 3.8) is 0 Å². The van der Waals surface area contributed by atoms with Crippen LogP contribution in [-0.2, 0) is 11.3 Å². The third-order valence-corrected chi connectivity index (χ3v) is 4.15. The first-order chi connectivity index (χ1) is 12.7. The van der Waals surface area contributed by atoms with E-state index in [0.717, 1.165) is 5.56 Å². The van der Waals surface area contributed by atoms with E-state index in [0.29, 0.717) is 5.75 Å². The predicted molar refractivity (Wildman–Crippen MR) is 105 cm³/mol. The molecule has 2 N–H and O–H groups in total. The molecular formula is C19H21Cl2F2NO4. The molecule has 0 saturated carbocycles. The van der Waals surface area contributed by atoms with Gasteiger partial charge in [0.2, 0.25) is 0 Å². The van der Waals surface area contributed by atoms with Crippen LogP contribution in [0.25, 0.3) is 0 Å². The number of aliphatic hydroxyl groups excluding tert-OH is 1. The average Bonchev–Trinajstić information content (AvgIpc) is 2.65. The number of aliphatic hydroxyl groups is 1. The Morgan fingerprint density at radius 1 is 1.21 bits per heavy atom. The molecule has 2 rings (SSSR count). The number of methoxy groups -OCH3 is 1. The van der Waals surface area contributed by atoms with Crippen LogP contribution < -0.4 is 14.8 Å².